The van der Waals surface area contributed by atoms with E-state index < -0.39 is 0 Å². The van der Waals surface area contributed by atoms with Crippen molar-refractivity contribution < 1.29 is 4.79 Å². The Bertz CT molecular complexity index is 672. The first-order valence-electron chi connectivity index (χ1n) is 6.44. The lowest BCUT2D eigenvalue weighted by Crippen LogP contribution is -2.30. The van der Waals surface area contributed by atoms with Crippen LogP contribution < -0.4 is 5.73 Å². The number of hydrogen-bond acceptors (Lipinski definition) is 5. The Labute approximate surface area is 122 Å². The largest absolute Gasteiger partial charge is 0.340 e. The normalized spacial score (nSPS) is 10.1. The highest BCUT2D eigenvalue weighted by molar-refractivity contribution is 5.75. The zero-order chi connectivity index (χ0) is 15.2. The first kappa shape index (κ1) is 14.7. The Morgan fingerprint density at radius 3 is 3.00 bits per heavy atom. The third-order valence-corrected chi connectivity index (χ3v) is 2.99. The lowest BCUT2D eigenvalue weighted by Gasteiger charge is -2.17. The SMILES string of the molecule is CN(Cc1cccc(C#N)c1)C(=O)Cn1cc(CN)nn1. The summed E-state index contributed by atoms with van der Waals surface area (Å²) in [5.41, 5.74) is 7.58. The molecule has 7 nitrogen and oxygen atoms in total. The molecule has 1 heterocycles. The summed E-state index contributed by atoms with van der Waals surface area (Å²) in [6.45, 7) is 0.846. The van der Waals surface area contributed by atoms with Crippen LogP contribution in [-0.2, 0) is 24.4 Å². The molecule has 0 spiro atoms. The van der Waals surface area contributed by atoms with E-state index in [4.69, 9.17) is 11.0 Å². The van der Waals surface area contributed by atoms with Crippen molar-refractivity contribution in [1.29, 1.82) is 5.26 Å². The van der Waals surface area contributed by atoms with Crippen LogP contribution in [0.3, 0.4) is 0 Å². The van der Waals surface area contributed by atoms with Gasteiger partial charge in [-0.2, -0.15) is 5.26 Å². The van der Waals surface area contributed by atoms with Crippen LogP contribution in [0.25, 0.3) is 0 Å². The fourth-order valence-electron chi connectivity index (χ4n) is 1.87. The van der Waals surface area contributed by atoms with Gasteiger partial charge in [-0.15, -0.1) is 5.10 Å². The summed E-state index contributed by atoms with van der Waals surface area (Å²) >= 11 is 0. The average Bonchev–Trinajstić information content (AvgIpc) is 2.95. The highest BCUT2D eigenvalue weighted by atomic mass is 16.2. The van der Waals surface area contributed by atoms with Crippen molar-refractivity contribution in [3.8, 4) is 6.07 Å². The number of likely N-dealkylation sites (N-methyl/N-ethyl adjacent to an activating group) is 1. The molecule has 21 heavy (non-hydrogen) atoms. The number of aromatic nitrogens is 3. The van der Waals surface area contributed by atoms with Crippen LogP contribution in [-0.4, -0.2) is 32.8 Å². The maximum Gasteiger partial charge on any atom is 0.244 e. The van der Waals surface area contributed by atoms with E-state index in [1.807, 2.05) is 6.07 Å². The van der Waals surface area contributed by atoms with Gasteiger partial charge >= 0.3 is 0 Å². The van der Waals surface area contributed by atoms with E-state index in [9.17, 15) is 4.79 Å². The predicted molar refractivity (Wildman–Crippen MR) is 75.5 cm³/mol. The first-order chi connectivity index (χ1) is 10.1. The van der Waals surface area contributed by atoms with Gasteiger partial charge in [0.05, 0.1) is 23.5 Å². The Morgan fingerprint density at radius 1 is 1.52 bits per heavy atom. The molecule has 1 aromatic heterocycles. The van der Waals surface area contributed by atoms with Gasteiger partial charge in [0, 0.05) is 20.1 Å². The van der Waals surface area contributed by atoms with Crippen molar-refractivity contribution in [2.45, 2.75) is 19.6 Å². The molecule has 7 heteroatoms. The molecule has 0 aliphatic heterocycles. The molecule has 0 atom stereocenters. The summed E-state index contributed by atoms with van der Waals surface area (Å²) in [5.74, 6) is -0.0918. The first-order valence-corrected chi connectivity index (χ1v) is 6.44. The summed E-state index contributed by atoms with van der Waals surface area (Å²) in [7, 11) is 1.71. The number of carbonyl (C=O) groups excluding carboxylic acids is 1. The van der Waals surface area contributed by atoms with Crippen molar-refractivity contribution in [1.82, 2.24) is 19.9 Å². The minimum atomic E-state index is -0.0918. The Kier molecular flexibility index (Phi) is 4.64. The second-order valence-electron chi connectivity index (χ2n) is 4.67. The van der Waals surface area contributed by atoms with Gasteiger partial charge in [-0.05, 0) is 17.7 Å². The van der Waals surface area contributed by atoms with Gasteiger partial charge in [-0.1, -0.05) is 17.3 Å². The van der Waals surface area contributed by atoms with Gasteiger partial charge < -0.3 is 10.6 Å². The molecule has 2 rings (SSSR count). The van der Waals surface area contributed by atoms with E-state index in [1.54, 1.807) is 36.3 Å². The summed E-state index contributed by atoms with van der Waals surface area (Å²) in [4.78, 5) is 13.7. The maximum atomic E-state index is 12.1. The van der Waals surface area contributed by atoms with Crippen LogP contribution in [0.1, 0.15) is 16.8 Å². The number of hydrogen-bond donors (Lipinski definition) is 1. The van der Waals surface area contributed by atoms with Crippen molar-refractivity contribution >= 4 is 5.91 Å². The molecule has 0 aliphatic rings. The predicted octanol–water partition coefficient (Wildman–Crippen LogP) is 0.267. The van der Waals surface area contributed by atoms with Gasteiger partial charge in [-0.25, -0.2) is 4.68 Å². The number of carbonyl (C=O) groups is 1. The van der Waals surface area contributed by atoms with Crippen LogP contribution in [0.15, 0.2) is 30.5 Å². The Morgan fingerprint density at radius 2 is 2.33 bits per heavy atom. The quantitative estimate of drug-likeness (QED) is 0.849. The molecule has 0 saturated carbocycles. The summed E-state index contributed by atoms with van der Waals surface area (Å²) in [5, 5.41) is 16.5. The number of benzene rings is 1. The molecule has 0 fully saturated rings. The van der Waals surface area contributed by atoms with E-state index in [0.29, 0.717) is 24.3 Å². The molecular weight excluding hydrogens is 268 g/mol. The molecule has 1 amide bonds. The third kappa shape index (κ3) is 3.87. The van der Waals surface area contributed by atoms with Crippen molar-refractivity contribution in [2.75, 3.05) is 7.05 Å². The number of nitriles is 1. The van der Waals surface area contributed by atoms with E-state index in [2.05, 4.69) is 16.4 Å². The summed E-state index contributed by atoms with van der Waals surface area (Å²) in [6, 6.07) is 9.27. The standard InChI is InChI=1S/C14H16N6O/c1-19(8-12-4-2-3-11(5-12)6-15)14(21)10-20-9-13(7-16)17-18-20/h2-5,9H,7-8,10,16H2,1H3. The highest BCUT2D eigenvalue weighted by Gasteiger charge is 2.11. The molecule has 0 unspecified atom stereocenters. The zero-order valence-corrected chi connectivity index (χ0v) is 11.7. The van der Waals surface area contributed by atoms with Crippen LogP contribution in [0.2, 0.25) is 0 Å². The minimum Gasteiger partial charge on any atom is -0.340 e. The third-order valence-electron chi connectivity index (χ3n) is 2.99. The smallest absolute Gasteiger partial charge is 0.244 e. The molecule has 0 radical (unpaired) electrons. The number of amides is 1. The summed E-state index contributed by atoms with van der Waals surface area (Å²) in [6.07, 6.45) is 1.65. The maximum absolute atomic E-state index is 12.1. The summed E-state index contributed by atoms with van der Waals surface area (Å²) < 4.78 is 1.47. The average molecular weight is 284 g/mol. The molecular formula is C14H16N6O. The Hall–Kier alpha value is -2.72. The minimum absolute atomic E-state index is 0.0918. The fraction of sp³-hybridized carbons (Fsp3) is 0.286. The van der Waals surface area contributed by atoms with Crippen LogP contribution in [0.4, 0.5) is 0 Å². The molecule has 2 aromatic rings. The van der Waals surface area contributed by atoms with Gasteiger partial charge in [0.1, 0.15) is 6.54 Å². The van der Waals surface area contributed by atoms with Gasteiger partial charge in [0.2, 0.25) is 5.91 Å². The lowest BCUT2D eigenvalue weighted by molar-refractivity contribution is -0.131. The fourth-order valence-corrected chi connectivity index (χ4v) is 1.87. The Balaban J connectivity index is 1.97. The van der Waals surface area contributed by atoms with Gasteiger partial charge in [-0.3, -0.25) is 4.79 Å². The van der Waals surface area contributed by atoms with E-state index in [-0.39, 0.29) is 12.5 Å². The van der Waals surface area contributed by atoms with Crippen LogP contribution in [0.5, 0.6) is 0 Å². The second kappa shape index (κ2) is 6.63. The van der Waals surface area contributed by atoms with Crippen LogP contribution >= 0.6 is 0 Å². The van der Waals surface area contributed by atoms with Crippen LogP contribution in [0, 0.1) is 11.3 Å². The monoisotopic (exact) mass is 284 g/mol. The van der Waals surface area contributed by atoms with Crippen molar-refractivity contribution in [3.05, 3.63) is 47.3 Å². The molecule has 0 saturated heterocycles. The van der Waals surface area contributed by atoms with Crippen molar-refractivity contribution in [3.63, 3.8) is 0 Å². The molecule has 1 aromatic carbocycles. The molecule has 2 N–H and O–H groups in total. The molecule has 0 aliphatic carbocycles. The van der Waals surface area contributed by atoms with E-state index in [0.717, 1.165) is 5.56 Å². The van der Waals surface area contributed by atoms with Gasteiger partial charge in [0.15, 0.2) is 0 Å². The van der Waals surface area contributed by atoms with E-state index in [1.165, 1.54) is 4.68 Å². The van der Waals surface area contributed by atoms with Gasteiger partial charge in [0.25, 0.3) is 0 Å². The molecule has 0 bridgehead atoms. The highest BCUT2D eigenvalue weighted by Crippen LogP contribution is 2.07. The number of rotatable bonds is 5. The lowest BCUT2D eigenvalue weighted by atomic mass is 10.1. The second-order valence-corrected chi connectivity index (χ2v) is 4.67. The zero-order valence-electron chi connectivity index (χ0n) is 11.7. The molecule has 108 valence electrons. The van der Waals surface area contributed by atoms with E-state index >= 15 is 0 Å². The number of nitrogens with two attached hydrogens (primary N) is 1. The number of nitrogens with zero attached hydrogens (tertiary/aromatic N) is 5. The topological polar surface area (TPSA) is 101 Å². The van der Waals surface area contributed by atoms with Crippen molar-refractivity contribution in [2.24, 2.45) is 5.73 Å².